The summed E-state index contributed by atoms with van der Waals surface area (Å²) in [5, 5.41) is 11.0. The molecule has 0 aliphatic carbocycles. The molecule has 0 saturated heterocycles. The smallest absolute Gasteiger partial charge is 0.333 e. The maximum atomic E-state index is 11.5. The number of carbonyl (C=O) groups is 2. The third-order valence-corrected chi connectivity index (χ3v) is 3.23. The van der Waals surface area contributed by atoms with Gasteiger partial charge in [-0.2, -0.15) is 0 Å². The van der Waals surface area contributed by atoms with Crippen molar-refractivity contribution < 1.29 is 24.0 Å². The minimum atomic E-state index is -0.671. The monoisotopic (exact) mass is 352 g/mol. The van der Waals surface area contributed by atoms with Gasteiger partial charge in [0.05, 0.1) is 10.5 Å². The molecule has 0 amide bonds. The van der Waals surface area contributed by atoms with Crippen LogP contribution in [0, 0.1) is 10.1 Å². The number of rotatable bonds is 6. The van der Waals surface area contributed by atoms with E-state index in [1.807, 2.05) is 0 Å². The quantitative estimate of drug-likeness (QED) is 0.192. The van der Waals surface area contributed by atoms with Crippen LogP contribution in [0.3, 0.4) is 0 Å². The molecule has 0 aromatic heterocycles. The van der Waals surface area contributed by atoms with Crippen LogP contribution in [0.5, 0.6) is 5.75 Å². The summed E-state index contributed by atoms with van der Waals surface area (Å²) in [5.41, 5.74) is -0.0937. The van der Waals surface area contributed by atoms with Gasteiger partial charge < -0.3 is 14.4 Å². The number of carbonyl (C=O) groups excluding carboxylic acids is 2. The first-order valence-corrected chi connectivity index (χ1v) is 7.06. The summed E-state index contributed by atoms with van der Waals surface area (Å²) < 4.78 is 10.4. The number of hydrogen-bond acceptors (Lipinski definition) is 7. The highest BCUT2D eigenvalue weighted by Crippen LogP contribution is 2.30. The van der Waals surface area contributed by atoms with Gasteiger partial charge in [0.15, 0.2) is 6.29 Å². The highest BCUT2D eigenvalue weighted by molar-refractivity contribution is 7.80. The number of hydrogen-bond donors (Lipinski definition) is 0. The number of nitro groups is 1. The minimum Gasteiger partial charge on any atom is -0.457 e. The van der Waals surface area contributed by atoms with E-state index in [1.54, 1.807) is 14.1 Å². The van der Waals surface area contributed by atoms with Gasteiger partial charge in [-0.1, -0.05) is 6.58 Å². The molecule has 0 saturated carbocycles. The largest absolute Gasteiger partial charge is 0.457 e. The molecule has 1 aromatic carbocycles. The first kappa shape index (κ1) is 19.2. The molecule has 24 heavy (non-hydrogen) atoms. The lowest BCUT2D eigenvalue weighted by molar-refractivity contribution is -0.385. The van der Waals surface area contributed by atoms with E-state index in [2.05, 4.69) is 6.58 Å². The molecular weight excluding hydrogens is 336 g/mol. The van der Waals surface area contributed by atoms with E-state index < -0.39 is 10.9 Å². The Morgan fingerprint density at radius 1 is 1.46 bits per heavy atom. The van der Waals surface area contributed by atoms with Gasteiger partial charge in [-0.05, 0) is 19.1 Å². The Kier molecular flexibility index (Phi) is 6.54. The number of nitrogens with zero attached hydrogens (tertiary/aromatic N) is 2. The molecule has 9 heteroatoms. The molecule has 0 N–H and O–H groups in total. The molecule has 0 aliphatic rings. The molecule has 1 aromatic rings. The van der Waals surface area contributed by atoms with Crippen molar-refractivity contribution in [3.05, 3.63) is 45.5 Å². The molecule has 1 rings (SSSR count). The van der Waals surface area contributed by atoms with Crippen LogP contribution in [0.4, 0.5) is 5.69 Å². The number of nitro benzene ring substituents is 1. The molecule has 0 bridgehead atoms. The fraction of sp³-hybridized carbons (Fsp3) is 0.267. The summed E-state index contributed by atoms with van der Waals surface area (Å²) in [4.78, 5) is 34.6. The first-order chi connectivity index (χ1) is 11.2. The van der Waals surface area contributed by atoms with E-state index >= 15 is 0 Å². The SMILES string of the molecule is C=C(C)C(=O)OCc1cc([N+](=O)[O-])cc(C=O)c1OC(=S)N(C)C. The van der Waals surface area contributed by atoms with Crippen molar-refractivity contribution in [1.29, 1.82) is 0 Å². The summed E-state index contributed by atoms with van der Waals surface area (Å²) in [7, 11) is 3.27. The van der Waals surface area contributed by atoms with Crippen LogP contribution in [0.1, 0.15) is 22.8 Å². The number of non-ortho nitro benzene ring substituents is 1. The van der Waals surface area contributed by atoms with Gasteiger partial charge in [0.1, 0.15) is 12.4 Å². The standard InChI is InChI=1S/C15H16N2O6S/c1-9(2)14(19)22-8-11-6-12(17(20)21)5-10(7-18)13(11)23-15(24)16(3)4/h5-7H,1,8H2,2-4H3. The average Bonchev–Trinajstić information content (AvgIpc) is 2.52. The topological polar surface area (TPSA) is 99.0 Å². The van der Waals surface area contributed by atoms with Crippen LogP contribution < -0.4 is 4.74 Å². The van der Waals surface area contributed by atoms with Crippen LogP contribution >= 0.6 is 12.2 Å². The molecule has 0 atom stereocenters. The molecule has 0 unspecified atom stereocenters. The predicted molar refractivity (Wildman–Crippen MR) is 90.0 cm³/mol. The maximum Gasteiger partial charge on any atom is 0.333 e. The fourth-order valence-corrected chi connectivity index (χ4v) is 1.65. The molecule has 8 nitrogen and oxygen atoms in total. The van der Waals surface area contributed by atoms with Gasteiger partial charge in [-0.25, -0.2) is 4.79 Å². The molecular formula is C15H16N2O6S. The molecule has 0 radical (unpaired) electrons. The van der Waals surface area contributed by atoms with Crippen molar-refractivity contribution in [3.63, 3.8) is 0 Å². The molecule has 0 heterocycles. The van der Waals surface area contributed by atoms with Crippen molar-refractivity contribution in [2.24, 2.45) is 0 Å². The van der Waals surface area contributed by atoms with Crippen LogP contribution in [0.25, 0.3) is 0 Å². The van der Waals surface area contributed by atoms with E-state index in [4.69, 9.17) is 21.7 Å². The van der Waals surface area contributed by atoms with Gasteiger partial charge in [0.25, 0.3) is 10.9 Å². The Bertz CT molecular complexity index is 714. The van der Waals surface area contributed by atoms with Crippen LogP contribution in [0.15, 0.2) is 24.3 Å². The normalized spacial score (nSPS) is 9.79. The summed E-state index contributed by atoms with van der Waals surface area (Å²) in [5.74, 6) is -0.667. The zero-order valence-electron chi connectivity index (χ0n) is 13.4. The molecule has 0 fully saturated rings. The number of aldehydes is 1. The lowest BCUT2D eigenvalue weighted by Gasteiger charge is -2.18. The Morgan fingerprint density at radius 2 is 2.08 bits per heavy atom. The van der Waals surface area contributed by atoms with E-state index in [-0.39, 0.29) is 39.9 Å². The van der Waals surface area contributed by atoms with E-state index in [0.29, 0.717) is 6.29 Å². The van der Waals surface area contributed by atoms with Gasteiger partial charge in [0.2, 0.25) is 0 Å². The second-order valence-electron chi connectivity index (χ2n) is 5.02. The van der Waals surface area contributed by atoms with E-state index in [0.717, 1.165) is 12.1 Å². The zero-order chi connectivity index (χ0) is 18.4. The average molecular weight is 352 g/mol. The van der Waals surface area contributed by atoms with Crippen molar-refractivity contribution in [2.45, 2.75) is 13.5 Å². The summed E-state index contributed by atoms with van der Waals surface area (Å²) in [6.07, 6.45) is 0.407. The lowest BCUT2D eigenvalue weighted by Crippen LogP contribution is -2.26. The Balaban J connectivity index is 3.32. The second kappa shape index (κ2) is 8.16. The number of ether oxygens (including phenoxy) is 2. The van der Waals surface area contributed by atoms with Gasteiger partial charge in [-0.15, -0.1) is 0 Å². The summed E-state index contributed by atoms with van der Waals surface area (Å²) in [6.45, 7) is 4.57. The molecule has 0 spiro atoms. The first-order valence-electron chi connectivity index (χ1n) is 6.65. The maximum absolute atomic E-state index is 11.5. The summed E-state index contributed by atoms with van der Waals surface area (Å²) in [6, 6.07) is 2.22. The predicted octanol–water partition coefficient (Wildman–Crippen LogP) is 2.25. The second-order valence-corrected chi connectivity index (χ2v) is 5.37. The lowest BCUT2D eigenvalue weighted by atomic mass is 10.1. The Morgan fingerprint density at radius 3 is 2.54 bits per heavy atom. The van der Waals surface area contributed by atoms with Gasteiger partial charge in [-0.3, -0.25) is 14.9 Å². The number of esters is 1. The number of thiocarbonyl (C=S) groups is 1. The number of benzene rings is 1. The highest BCUT2D eigenvalue weighted by atomic mass is 32.1. The minimum absolute atomic E-state index is 0.00353. The highest BCUT2D eigenvalue weighted by Gasteiger charge is 2.20. The third kappa shape index (κ3) is 4.85. The van der Waals surface area contributed by atoms with Crippen LogP contribution in [0.2, 0.25) is 0 Å². The van der Waals surface area contributed by atoms with Crippen LogP contribution in [-0.2, 0) is 16.1 Å². The van der Waals surface area contributed by atoms with Crippen molar-refractivity contribution in [2.75, 3.05) is 14.1 Å². The Labute approximate surface area is 143 Å². The van der Waals surface area contributed by atoms with Crippen LogP contribution in [-0.4, -0.2) is 41.3 Å². The molecule has 128 valence electrons. The van der Waals surface area contributed by atoms with Gasteiger partial charge >= 0.3 is 5.97 Å². The zero-order valence-corrected chi connectivity index (χ0v) is 14.2. The van der Waals surface area contributed by atoms with Crippen molar-refractivity contribution in [1.82, 2.24) is 4.90 Å². The fourth-order valence-electron chi connectivity index (χ4n) is 1.57. The molecule has 0 aliphatic heterocycles. The van der Waals surface area contributed by atoms with E-state index in [1.165, 1.54) is 11.8 Å². The third-order valence-electron chi connectivity index (χ3n) is 2.78. The van der Waals surface area contributed by atoms with Gasteiger partial charge in [0, 0.05) is 37.4 Å². The van der Waals surface area contributed by atoms with Crippen molar-refractivity contribution in [3.8, 4) is 5.75 Å². The van der Waals surface area contributed by atoms with Crippen molar-refractivity contribution >= 4 is 35.3 Å². The summed E-state index contributed by atoms with van der Waals surface area (Å²) >= 11 is 5.02. The Hall–Kier alpha value is -2.81. The van der Waals surface area contributed by atoms with E-state index in [9.17, 15) is 19.7 Å².